The number of hydrogen-bond donors (Lipinski definition) is 1. The van der Waals surface area contributed by atoms with E-state index >= 15 is 0 Å². The van der Waals surface area contributed by atoms with Crippen LogP contribution in [0.15, 0.2) is 23.1 Å². The van der Waals surface area contributed by atoms with E-state index in [9.17, 15) is 9.59 Å². The summed E-state index contributed by atoms with van der Waals surface area (Å²) in [7, 11) is 1.52. The zero-order valence-electron chi connectivity index (χ0n) is 14.1. The van der Waals surface area contributed by atoms with Crippen LogP contribution in [0.1, 0.15) is 5.56 Å². The number of methoxy groups -OCH3 is 1. The van der Waals surface area contributed by atoms with Gasteiger partial charge in [-0.2, -0.15) is 0 Å². The Morgan fingerprint density at radius 1 is 1.38 bits per heavy atom. The molecule has 2 fully saturated rings. The lowest BCUT2D eigenvalue weighted by Crippen LogP contribution is -2.43. The number of carbonyl (C=O) groups is 2. The number of carbonyl (C=O) groups excluding carboxylic acids is 2. The molecule has 138 valence electrons. The molecule has 0 unspecified atom stereocenters. The molecule has 0 atom stereocenters. The number of thiocarbonyl (C=S) groups is 1. The van der Waals surface area contributed by atoms with Crippen LogP contribution in [0.4, 0.5) is 0 Å². The first kappa shape index (κ1) is 18.7. The smallest absolute Gasteiger partial charge is 0.263 e. The Morgan fingerprint density at radius 3 is 2.81 bits per heavy atom. The summed E-state index contributed by atoms with van der Waals surface area (Å²) in [6, 6.07) is 5.25. The van der Waals surface area contributed by atoms with E-state index in [1.807, 2.05) is 0 Å². The molecule has 0 saturated carbocycles. The van der Waals surface area contributed by atoms with Gasteiger partial charge in [0.15, 0.2) is 18.1 Å². The summed E-state index contributed by atoms with van der Waals surface area (Å²) < 4.78 is 16.6. The Hall–Kier alpha value is -2.10. The van der Waals surface area contributed by atoms with Crippen molar-refractivity contribution in [1.82, 2.24) is 10.2 Å². The van der Waals surface area contributed by atoms with Gasteiger partial charge in [-0.05, 0) is 23.8 Å². The van der Waals surface area contributed by atoms with Gasteiger partial charge in [0.2, 0.25) is 0 Å². The van der Waals surface area contributed by atoms with Gasteiger partial charge in [-0.15, -0.1) is 0 Å². The molecule has 1 aromatic rings. The maximum atomic E-state index is 12.2. The summed E-state index contributed by atoms with van der Waals surface area (Å²) in [5.41, 5.74) is 0.774. The molecular formula is C17H18N2O5S2. The standard InChI is InChI=1S/C17H18N2O5S2/c1-22-13-8-11(9-14-16(21)18-17(25)26-14)2-3-12(13)24-10-15(20)19-4-6-23-7-5-19/h2-3,8-9H,4-7,10H2,1H3,(H,18,21,25)/b14-9+. The average Bonchev–Trinajstić information content (AvgIpc) is 2.97. The molecule has 2 heterocycles. The van der Waals surface area contributed by atoms with Gasteiger partial charge in [-0.3, -0.25) is 9.59 Å². The first-order valence-electron chi connectivity index (χ1n) is 7.98. The van der Waals surface area contributed by atoms with E-state index in [0.717, 1.165) is 5.56 Å². The third kappa shape index (κ3) is 4.54. The lowest BCUT2D eigenvalue weighted by molar-refractivity contribution is -0.137. The van der Waals surface area contributed by atoms with Crippen LogP contribution in [0.5, 0.6) is 11.5 Å². The number of nitrogens with zero attached hydrogens (tertiary/aromatic N) is 1. The number of ether oxygens (including phenoxy) is 3. The number of hydrogen-bond acceptors (Lipinski definition) is 7. The van der Waals surface area contributed by atoms with E-state index in [-0.39, 0.29) is 18.4 Å². The Balaban J connectivity index is 1.67. The molecule has 0 bridgehead atoms. The fraction of sp³-hybridized carbons (Fsp3) is 0.353. The van der Waals surface area contributed by atoms with Gasteiger partial charge in [0, 0.05) is 13.1 Å². The lowest BCUT2D eigenvalue weighted by atomic mass is 10.2. The molecule has 2 amide bonds. The van der Waals surface area contributed by atoms with Crippen LogP contribution < -0.4 is 14.8 Å². The Kier molecular flexibility index (Phi) is 6.12. The summed E-state index contributed by atoms with van der Waals surface area (Å²) in [6.07, 6.45) is 1.73. The van der Waals surface area contributed by atoms with Gasteiger partial charge in [0.25, 0.3) is 11.8 Å². The number of morpholine rings is 1. The zero-order valence-corrected chi connectivity index (χ0v) is 15.8. The zero-order chi connectivity index (χ0) is 18.5. The topological polar surface area (TPSA) is 77.1 Å². The fourth-order valence-corrected chi connectivity index (χ4v) is 3.55. The summed E-state index contributed by atoms with van der Waals surface area (Å²) in [5.74, 6) is 0.653. The molecular weight excluding hydrogens is 376 g/mol. The van der Waals surface area contributed by atoms with Gasteiger partial charge < -0.3 is 24.4 Å². The monoisotopic (exact) mass is 394 g/mol. The minimum absolute atomic E-state index is 0.0661. The molecule has 2 aliphatic heterocycles. The summed E-state index contributed by atoms with van der Waals surface area (Å²) in [6.45, 7) is 2.19. The van der Waals surface area contributed by atoms with Gasteiger partial charge in [0.1, 0.15) is 4.32 Å². The molecule has 3 rings (SSSR count). The fourth-order valence-electron chi connectivity index (χ4n) is 2.51. The molecule has 2 aliphatic rings. The minimum atomic E-state index is -0.213. The number of amides is 2. The van der Waals surface area contributed by atoms with Crippen molar-refractivity contribution in [1.29, 1.82) is 0 Å². The van der Waals surface area contributed by atoms with Crippen molar-refractivity contribution in [2.75, 3.05) is 40.0 Å². The van der Waals surface area contributed by atoms with Gasteiger partial charge in [-0.1, -0.05) is 30.0 Å². The maximum Gasteiger partial charge on any atom is 0.263 e. The van der Waals surface area contributed by atoms with E-state index in [1.165, 1.54) is 18.9 Å². The van der Waals surface area contributed by atoms with Gasteiger partial charge in [0.05, 0.1) is 25.2 Å². The highest BCUT2D eigenvalue weighted by atomic mass is 32.2. The third-order valence-corrected chi connectivity index (χ3v) is 5.01. The number of rotatable bonds is 5. The predicted octanol–water partition coefficient (Wildman–Crippen LogP) is 1.42. The summed E-state index contributed by atoms with van der Waals surface area (Å²) >= 11 is 6.19. The van der Waals surface area contributed by atoms with Crippen molar-refractivity contribution in [3.05, 3.63) is 28.7 Å². The summed E-state index contributed by atoms with van der Waals surface area (Å²) in [4.78, 5) is 26.2. The van der Waals surface area contributed by atoms with Gasteiger partial charge in [-0.25, -0.2) is 0 Å². The van der Waals surface area contributed by atoms with Crippen molar-refractivity contribution in [3.8, 4) is 11.5 Å². The van der Waals surface area contributed by atoms with Crippen molar-refractivity contribution >= 4 is 46.2 Å². The highest BCUT2D eigenvalue weighted by molar-refractivity contribution is 8.26. The van der Waals surface area contributed by atoms with Crippen LogP contribution in [-0.2, 0) is 14.3 Å². The van der Waals surface area contributed by atoms with Crippen molar-refractivity contribution in [2.24, 2.45) is 0 Å². The molecule has 1 aromatic carbocycles. The van der Waals surface area contributed by atoms with Crippen LogP contribution in [-0.4, -0.2) is 61.1 Å². The largest absolute Gasteiger partial charge is 0.493 e. The Labute approximate surface area is 160 Å². The predicted molar refractivity (Wildman–Crippen MR) is 102 cm³/mol. The molecule has 0 aromatic heterocycles. The molecule has 9 heteroatoms. The SMILES string of the molecule is COc1cc(/C=C2/SC(=S)NC2=O)ccc1OCC(=O)N1CCOCC1. The van der Waals surface area contributed by atoms with E-state index in [0.29, 0.717) is 47.0 Å². The van der Waals surface area contributed by atoms with Crippen molar-refractivity contribution in [2.45, 2.75) is 0 Å². The Bertz CT molecular complexity index is 760. The highest BCUT2D eigenvalue weighted by Gasteiger charge is 2.22. The van der Waals surface area contributed by atoms with Crippen LogP contribution in [0.25, 0.3) is 6.08 Å². The molecule has 0 aliphatic carbocycles. The van der Waals surface area contributed by atoms with E-state index in [4.69, 9.17) is 26.4 Å². The number of benzene rings is 1. The lowest BCUT2D eigenvalue weighted by Gasteiger charge is -2.26. The maximum absolute atomic E-state index is 12.2. The molecule has 1 N–H and O–H groups in total. The molecule has 0 spiro atoms. The Morgan fingerprint density at radius 2 is 2.15 bits per heavy atom. The first-order valence-corrected chi connectivity index (χ1v) is 9.20. The highest BCUT2D eigenvalue weighted by Crippen LogP contribution is 2.31. The minimum Gasteiger partial charge on any atom is -0.493 e. The second kappa shape index (κ2) is 8.52. The van der Waals surface area contributed by atoms with Crippen molar-refractivity contribution in [3.63, 3.8) is 0 Å². The summed E-state index contributed by atoms with van der Waals surface area (Å²) in [5, 5.41) is 2.57. The first-order chi connectivity index (χ1) is 12.6. The normalized spacial score (nSPS) is 18.8. The van der Waals surface area contributed by atoms with Gasteiger partial charge >= 0.3 is 0 Å². The van der Waals surface area contributed by atoms with Crippen molar-refractivity contribution < 1.29 is 23.8 Å². The van der Waals surface area contributed by atoms with E-state index < -0.39 is 0 Å². The number of nitrogens with one attached hydrogen (secondary N) is 1. The van der Waals surface area contributed by atoms with E-state index in [2.05, 4.69) is 5.32 Å². The second-order valence-electron chi connectivity index (χ2n) is 5.54. The third-order valence-electron chi connectivity index (χ3n) is 3.84. The number of thioether (sulfide) groups is 1. The average molecular weight is 394 g/mol. The molecule has 2 saturated heterocycles. The van der Waals surface area contributed by atoms with Crippen LogP contribution in [0.2, 0.25) is 0 Å². The van der Waals surface area contributed by atoms with Crippen LogP contribution >= 0.6 is 24.0 Å². The quantitative estimate of drug-likeness (QED) is 0.598. The molecule has 0 radical (unpaired) electrons. The van der Waals surface area contributed by atoms with E-state index in [1.54, 1.807) is 29.2 Å². The molecule has 26 heavy (non-hydrogen) atoms. The second-order valence-corrected chi connectivity index (χ2v) is 7.26. The van der Waals surface area contributed by atoms with Crippen LogP contribution in [0, 0.1) is 0 Å². The molecule has 7 nitrogen and oxygen atoms in total. The van der Waals surface area contributed by atoms with Crippen LogP contribution in [0.3, 0.4) is 0 Å².